The summed E-state index contributed by atoms with van der Waals surface area (Å²) in [6.07, 6.45) is 0.473. The van der Waals surface area contributed by atoms with E-state index < -0.39 is 29.6 Å². The summed E-state index contributed by atoms with van der Waals surface area (Å²) in [6, 6.07) is 4.72. The van der Waals surface area contributed by atoms with Crippen molar-refractivity contribution in [3.63, 3.8) is 0 Å². The second kappa shape index (κ2) is 8.33. The van der Waals surface area contributed by atoms with Crippen LogP contribution in [0.3, 0.4) is 0 Å². The van der Waals surface area contributed by atoms with E-state index in [1.54, 1.807) is 46.1 Å². The van der Waals surface area contributed by atoms with Gasteiger partial charge in [-0.1, -0.05) is 0 Å². The zero-order valence-electron chi connectivity index (χ0n) is 17.1. The first-order valence-corrected chi connectivity index (χ1v) is 9.01. The molecule has 28 heavy (non-hydrogen) atoms. The summed E-state index contributed by atoms with van der Waals surface area (Å²) in [5.74, 6) is -0.559. The summed E-state index contributed by atoms with van der Waals surface area (Å²) in [5.41, 5.74) is 1.44. The van der Waals surface area contributed by atoms with Crippen LogP contribution in [0, 0.1) is 13.8 Å². The highest BCUT2D eigenvalue weighted by atomic mass is 16.5. The van der Waals surface area contributed by atoms with Crippen LogP contribution in [0.5, 0.6) is 0 Å². The zero-order chi connectivity index (χ0) is 21.1. The molecular formula is C20H27N3O5. The summed E-state index contributed by atoms with van der Waals surface area (Å²) in [5, 5.41) is 4.78. The molecule has 0 fully saturated rings. The molecule has 0 aliphatic heterocycles. The number of urea groups is 1. The number of hydrogen-bond donors (Lipinski definition) is 2. The predicted octanol–water partition coefficient (Wildman–Crippen LogP) is 2.92. The Morgan fingerprint density at radius 2 is 1.93 bits per heavy atom. The zero-order valence-corrected chi connectivity index (χ0v) is 17.1. The number of nitrogens with one attached hydrogen (secondary N) is 2. The van der Waals surface area contributed by atoms with E-state index in [-0.39, 0.29) is 0 Å². The maximum Gasteiger partial charge on any atom is 0.340 e. The van der Waals surface area contributed by atoms with Crippen LogP contribution in [0.1, 0.15) is 55.2 Å². The highest BCUT2D eigenvalue weighted by Gasteiger charge is 2.25. The van der Waals surface area contributed by atoms with E-state index in [2.05, 4.69) is 10.6 Å². The van der Waals surface area contributed by atoms with Crippen LogP contribution >= 0.6 is 0 Å². The van der Waals surface area contributed by atoms with Crippen molar-refractivity contribution in [1.82, 2.24) is 15.2 Å². The molecule has 0 unspecified atom stereocenters. The lowest BCUT2D eigenvalue weighted by Crippen LogP contribution is -2.50. The van der Waals surface area contributed by atoms with Gasteiger partial charge in [0.1, 0.15) is 5.76 Å². The molecule has 0 aromatic carbocycles. The van der Waals surface area contributed by atoms with Crippen molar-refractivity contribution in [3.05, 3.63) is 47.2 Å². The van der Waals surface area contributed by atoms with Gasteiger partial charge in [-0.15, -0.1) is 0 Å². The number of esters is 1. The van der Waals surface area contributed by atoms with Gasteiger partial charge in [0.25, 0.3) is 5.91 Å². The van der Waals surface area contributed by atoms with Gasteiger partial charge in [-0.2, -0.15) is 0 Å². The molecule has 2 aromatic rings. The van der Waals surface area contributed by atoms with Crippen LogP contribution in [0.15, 0.2) is 28.9 Å². The summed E-state index contributed by atoms with van der Waals surface area (Å²) < 4.78 is 12.5. The summed E-state index contributed by atoms with van der Waals surface area (Å²) >= 11 is 0. The molecule has 0 spiro atoms. The second-order valence-electron chi connectivity index (χ2n) is 7.69. The molecule has 0 saturated heterocycles. The molecule has 2 aromatic heterocycles. The van der Waals surface area contributed by atoms with E-state index in [0.717, 1.165) is 11.5 Å². The number of hydrogen-bond acceptors (Lipinski definition) is 5. The van der Waals surface area contributed by atoms with Gasteiger partial charge in [-0.05, 0) is 59.7 Å². The fourth-order valence-corrected chi connectivity index (χ4v) is 2.67. The van der Waals surface area contributed by atoms with Crippen LogP contribution < -0.4 is 10.6 Å². The molecule has 2 N–H and O–H groups in total. The Labute approximate surface area is 164 Å². The molecule has 0 aliphatic rings. The molecule has 0 aliphatic carbocycles. The maximum atomic E-state index is 12.5. The monoisotopic (exact) mass is 389 g/mol. The van der Waals surface area contributed by atoms with Gasteiger partial charge in [0.2, 0.25) is 0 Å². The lowest BCUT2D eigenvalue weighted by atomic mass is 10.1. The number of amides is 3. The number of aromatic nitrogens is 1. The van der Waals surface area contributed by atoms with Crippen LogP contribution in [0.2, 0.25) is 0 Å². The van der Waals surface area contributed by atoms with Crippen LogP contribution in [0.25, 0.3) is 0 Å². The average molecular weight is 389 g/mol. The third-order valence-corrected chi connectivity index (χ3v) is 4.07. The number of aryl methyl sites for hydroxylation is 1. The minimum absolute atomic E-state index is 0.364. The topological polar surface area (TPSA) is 103 Å². The van der Waals surface area contributed by atoms with Crippen molar-refractivity contribution in [2.24, 2.45) is 0 Å². The molecule has 2 rings (SSSR count). The molecule has 8 heteroatoms. The van der Waals surface area contributed by atoms with Crippen molar-refractivity contribution in [3.8, 4) is 0 Å². The Hall–Kier alpha value is -3.03. The first-order valence-electron chi connectivity index (χ1n) is 9.01. The Morgan fingerprint density at radius 3 is 2.50 bits per heavy atom. The Balaban J connectivity index is 2.02. The van der Waals surface area contributed by atoms with E-state index in [4.69, 9.17) is 9.15 Å². The van der Waals surface area contributed by atoms with Gasteiger partial charge in [-0.3, -0.25) is 10.1 Å². The molecule has 0 saturated carbocycles. The number of ether oxygens (including phenoxy) is 1. The smallest absolute Gasteiger partial charge is 0.340 e. The molecule has 8 nitrogen and oxygen atoms in total. The number of nitrogens with zero attached hydrogens (tertiary/aromatic N) is 1. The van der Waals surface area contributed by atoms with Crippen LogP contribution in [0.4, 0.5) is 4.79 Å². The molecule has 3 amide bonds. The summed E-state index contributed by atoms with van der Waals surface area (Å²) in [6.45, 7) is 10.9. The van der Waals surface area contributed by atoms with Gasteiger partial charge in [-0.25, -0.2) is 9.59 Å². The first-order chi connectivity index (χ1) is 13.0. The third kappa shape index (κ3) is 5.48. The second-order valence-corrected chi connectivity index (χ2v) is 7.69. The van der Waals surface area contributed by atoms with E-state index in [1.165, 1.54) is 6.92 Å². The van der Waals surface area contributed by atoms with Crippen molar-refractivity contribution in [1.29, 1.82) is 0 Å². The highest BCUT2D eigenvalue weighted by molar-refractivity contribution is 5.99. The summed E-state index contributed by atoms with van der Waals surface area (Å²) in [4.78, 5) is 36.4. The van der Waals surface area contributed by atoms with E-state index in [0.29, 0.717) is 17.8 Å². The van der Waals surface area contributed by atoms with Crippen molar-refractivity contribution >= 4 is 17.9 Å². The lowest BCUT2D eigenvalue weighted by Gasteiger charge is -2.21. The Kier molecular flexibility index (Phi) is 6.33. The van der Waals surface area contributed by atoms with Crippen molar-refractivity contribution in [2.75, 3.05) is 0 Å². The lowest BCUT2D eigenvalue weighted by molar-refractivity contribution is -0.127. The number of furan rings is 1. The molecular weight excluding hydrogens is 362 g/mol. The van der Waals surface area contributed by atoms with E-state index in [1.807, 2.05) is 17.6 Å². The van der Waals surface area contributed by atoms with Crippen molar-refractivity contribution in [2.45, 2.75) is 59.7 Å². The Bertz CT molecular complexity index is 859. The van der Waals surface area contributed by atoms with Gasteiger partial charge in [0.05, 0.1) is 18.4 Å². The van der Waals surface area contributed by atoms with Crippen molar-refractivity contribution < 1.29 is 23.5 Å². The third-order valence-electron chi connectivity index (χ3n) is 4.07. The van der Waals surface area contributed by atoms with Crippen LogP contribution in [-0.2, 0) is 16.1 Å². The Morgan fingerprint density at radius 1 is 1.25 bits per heavy atom. The highest BCUT2D eigenvalue weighted by Crippen LogP contribution is 2.19. The standard InChI is InChI=1S/C20H27N3O5/c1-12-10-16(13(2)23(12)11-15-8-7-9-27-15)18(25)28-14(3)17(24)21-19(26)22-20(4,5)6/h7-10,14H,11H2,1-6H3,(H2,21,22,24,26)/t14-/m0/s1. The fourth-order valence-electron chi connectivity index (χ4n) is 2.67. The molecule has 152 valence electrons. The maximum absolute atomic E-state index is 12.5. The molecule has 2 heterocycles. The van der Waals surface area contributed by atoms with Gasteiger partial charge in [0, 0.05) is 16.9 Å². The number of carbonyl (C=O) groups excluding carboxylic acids is 3. The average Bonchev–Trinajstić information content (AvgIpc) is 3.16. The number of imide groups is 1. The van der Waals surface area contributed by atoms with E-state index in [9.17, 15) is 14.4 Å². The largest absolute Gasteiger partial charge is 0.467 e. The normalized spacial score (nSPS) is 12.4. The minimum Gasteiger partial charge on any atom is -0.467 e. The molecule has 0 bridgehead atoms. The van der Waals surface area contributed by atoms with Gasteiger partial charge in [0.15, 0.2) is 6.10 Å². The first kappa shape index (κ1) is 21.3. The number of carbonyl (C=O) groups is 3. The quantitative estimate of drug-likeness (QED) is 0.766. The minimum atomic E-state index is -1.12. The molecule has 1 atom stereocenters. The number of rotatable bonds is 5. The van der Waals surface area contributed by atoms with Gasteiger partial charge >= 0.3 is 12.0 Å². The SMILES string of the molecule is Cc1cc(C(=O)O[C@@H](C)C(=O)NC(=O)NC(C)(C)C)c(C)n1Cc1ccco1. The summed E-state index contributed by atoms with van der Waals surface area (Å²) in [7, 11) is 0. The van der Waals surface area contributed by atoms with Gasteiger partial charge < -0.3 is 19.0 Å². The predicted molar refractivity (Wildman–Crippen MR) is 103 cm³/mol. The van der Waals surface area contributed by atoms with E-state index >= 15 is 0 Å². The van der Waals surface area contributed by atoms with Crippen LogP contribution in [-0.4, -0.2) is 34.1 Å². The molecule has 0 radical (unpaired) electrons. The fraction of sp³-hybridized carbons (Fsp3) is 0.450.